The normalized spacial score (nSPS) is 12.7. The van der Waals surface area contributed by atoms with Crippen molar-refractivity contribution in [2.24, 2.45) is 4.99 Å². The van der Waals surface area contributed by atoms with Gasteiger partial charge in [-0.3, -0.25) is 4.98 Å². The lowest BCUT2D eigenvalue weighted by Gasteiger charge is -2.12. The number of pyridine rings is 1. The molecule has 0 aliphatic rings. The van der Waals surface area contributed by atoms with Crippen LogP contribution in [0.1, 0.15) is 19.4 Å². The van der Waals surface area contributed by atoms with Crippen LogP contribution in [0.25, 0.3) is 10.9 Å². The van der Waals surface area contributed by atoms with Gasteiger partial charge in [0, 0.05) is 31.1 Å². The molecule has 1 heterocycles. The van der Waals surface area contributed by atoms with Crippen LogP contribution >= 0.6 is 11.6 Å². The number of aryl methyl sites for hydroxylation is 1. The molecule has 132 valence electrons. The Morgan fingerprint density at radius 3 is 2.80 bits per heavy atom. The lowest BCUT2D eigenvalue weighted by atomic mass is 10.1. The topological polar surface area (TPSA) is 55.7 Å². The van der Waals surface area contributed by atoms with Crippen LogP contribution in [0.15, 0.2) is 52.9 Å². The monoisotopic (exact) mass is 359 g/mol. The summed E-state index contributed by atoms with van der Waals surface area (Å²) in [6.07, 6.45) is 5.95. The second kappa shape index (κ2) is 9.08. The molecule has 0 atom stereocenters. The summed E-state index contributed by atoms with van der Waals surface area (Å²) in [5.74, 6) is 2.01. The zero-order chi connectivity index (χ0) is 18.2. The van der Waals surface area contributed by atoms with E-state index < -0.39 is 0 Å². The Morgan fingerprint density at radius 2 is 2.16 bits per heavy atom. The molecule has 6 heteroatoms. The third-order valence-electron chi connectivity index (χ3n) is 3.66. The number of nitrogens with zero attached hydrogens (tertiary/aromatic N) is 2. The molecule has 0 saturated heterocycles. The van der Waals surface area contributed by atoms with Crippen molar-refractivity contribution in [1.82, 2.24) is 10.3 Å². The Labute approximate surface area is 153 Å². The zero-order valence-electron chi connectivity index (χ0n) is 14.8. The summed E-state index contributed by atoms with van der Waals surface area (Å²) < 4.78 is 11.4. The number of likely N-dealkylation sites (N-methyl/N-ethyl adjacent to an activating group) is 1. The number of ether oxygens (including phenoxy) is 2. The van der Waals surface area contributed by atoms with Crippen LogP contribution in [0.2, 0.25) is 0 Å². The largest absolute Gasteiger partial charge is 0.496 e. The molecule has 0 amide bonds. The third-order valence-corrected chi connectivity index (χ3v) is 3.78. The van der Waals surface area contributed by atoms with E-state index in [1.165, 1.54) is 5.54 Å². The summed E-state index contributed by atoms with van der Waals surface area (Å²) in [6.45, 7) is 3.87. The van der Waals surface area contributed by atoms with Crippen molar-refractivity contribution in [3.63, 3.8) is 0 Å². The fraction of sp³-hybridized carbons (Fsp3) is 0.263. The minimum atomic E-state index is 0.502. The van der Waals surface area contributed by atoms with E-state index in [1.54, 1.807) is 39.6 Å². The maximum Gasteiger partial charge on any atom is 0.191 e. The number of benzene rings is 1. The molecule has 0 spiro atoms. The van der Waals surface area contributed by atoms with Crippen LogP contribution in [0, 0.1) is 0 Å². The summed E-state index contributed by atoms with van der Waals surface area (Å²) >= 11 is 5.58. The van der Waals surface area contributed by atoms with Gasteiger partial charge in [0.15, 0.2) is 5.90 Å². The Morgan fingerprint density at radius 1 is 1.36 bits per heavy atom. The van der Waals surface area contributed by atoms with Crippen molar-refractivity contribution in [3.8, 4) is 11.5 Å². The van der Waals surface area contributed by atoms with Crippen LogP contribution < -0.4 is 14.8 Å². The molecule has 0 radical (unpaired) electrons. The summed E-state index contributed by atoms with van der Waals surface area (Å²) in [7, 11) is 3.46. The summed E-state index contributed by atoms with van der Waals surface area (Å²) in [5.41, 5.74) is 4.16. The Kier molecular flexibility index (Phi) is 6.83. The Hall–Kier alpha value is -2.53. The molecule has 1 aromatic carbocycles. The molecule has 0 unspecified atom stereocenters. The molecule has 0 saturated carbocycles. The molecule has 5 nitrogen and oxygen atoms in total. The first-order valence-corrected chi connectivity index (χ1v) is 8.39. The smallest absolute Gasteiger partial charge is 0.191 e. The molecule has 0 aliphatic carbocycles. The number of allylic oxidation sites excluding steroid dienone is 1. The van der Waals surface area contributed by atoms with Crippen LogP contribution in [-0.4, -0.2) is 25.0 Å². The van der Waals surface area contributed by atoms with Crippen molar-refractivity contribution in [1.29, 1.82) is 0 Å². The first-order chi connectivity index (χ1) is 12.1. The average Bonchev–Trinajstić information content (AvgIpc) is 2.64. The van der Waals surface area contributed by atoms with Crippen molar-refractivity contribution in [2.45, 2.75) is 20.3 Å². The number of methoxy groups -OCH3 is 1. The quantitative estimate of drug-likeness (QED) is 0.471. The molecular weight excluding hydrogens is 338 g/mol. The van der Waals surface area contributed by atoms with E-state index in [-0.39, 0.29) is 0 Å². The van der Waals surface area contributed by atoms with Crippen molar-refractivity contribution < 1.29 is 9.47 Å². The molecule has 1 aromatic heterocycles. The lowest BCUT2D eigenvalue weighted by molar-refractivity contribution is 0.410. The van der Waals surface area contributed by atoms with Gasteiger partial charge in [0.2, 0.25) is 0 Å². The highest BCUT2D eigenvalue weighted by Crippen LogP contribution is 2.31. The fourth-order valence-electron chi connectivity index (χ4n) is 2.35. The van der Waals surface area contributed by atoms with Gasteiger partial charge in [-0.25, -0.2) is 4.99 Å². The number of fused-ring (bicyclic) bond motifs is 1. The van der Waals surface area contributed by atoms with Gasteiger partial charge < -0.3 is 14.8 Å². The summed E-state index contributed by atoms with van der Waals surface area (Å²) in [6, 6.07) is 5.79. The molecule has 0 fully saturated rings. The first-order valence-electron chi connectivity index (χ1n) is 7.95. The molecule has 2 aromatic rings. The Balaban J connectivity index is 2.37. The van der Waals surface area contributed by atoms with E-state index in [0.29, 0.717) is 11.6 Å². The van der Waals surface area contributed by atoms with Gasteiger partial charge in [-0.05, 0) is 36.3 Å². The second-order valence-electron chi connectivity index (χ2n) is 5.22. The van der Waals surface area contributed by atoms with Gasteiger partial charge >= 0.3 is 0 Å². The summed E-state index contributed by atoms with van der Waals surface area (Å²) in [4.78, 5) is 8.72. The van der Waals surface area contributed by atoms with Crippen molar-refractivity contribution in [3.05, 3.63) is 53.5 Å². The first kappa shape index (κ1) is 18.8. The van der Waals surface area contributed by atoms with E-state index in [4.69, 9.17) is 21.1 Å². The third kappa shape index (κ3) is 4.73. The lowest BCUT2D eigenvalue weighted by Crippen LogP contribution is -2.06. The van der Waals surface area contributed by atoms with Gasteiger partial charge in [-0.15, -0.1) is 0 Å². The van der Waals surface area contributed by atoms with Gasteiger partial charge in [0.1, 0.15) is 11.5 Å². The second-order valence-corrected chi connectivity index (χ2v) is 5.47. The standard InChI is InChI=1S/C19H22ClN3O2/c1-5-14-10-17-16(11-19(14)24-4)18(7-9-22-17)25-13(2)23-12-15(21-3)6-8-20/h6-12,21H,5H2,1-4H3/b8-6+,15-12+,23-13+. The highest BCUT2D eigenvalue weighted by molar-refractivity contribution is 6.25. The minimum absolute atomic E-state index is 0.502. The molecular formula is C19H22ClN3O2. The summed E-state index contributed by atoms with van der Waals surface area (Å²) in [5, 5.41) is 3.86. The fourth-order valence-corrected chi connectivity index (χ4v) is 2.49. The van der Waals surface area contributed by atoms with Crippen molar-refractivity contribution in [2.75, 3.05) is 14.2 Å². The minimum Gasteiger partial charge on any atom is -0.496 e. The van der Waals surface area contributed by atoms with Gasteiger partial charge in [0.05, 0.1) is 24.5 Å². The number of halogens is 1. The van der Waals surface area contributed by atoms with E-state index >= 15 is 0 Å². The van der Waals surface area contributed by atoms with Crippen molar-refractivity contribution >= 4 is 28.4 Å². The maximum atomic E-state index is 5.90. The number of aromatic nitrogens is 1. The Bertz CT molecular complexity index is 829. The van der Waals surface area contributed by atoms with Gasteiger partial charge in [-0.2, -0.15) is 0 Å². The number of nitrogens with one attached hydrogen (secondary N) is 1. The number of hydrogen-bond acceptors (Lipinski definition) is 5. The van der Waals surface area contributed by atoms with Crippen LogP contribution in [0.5, 0.6) is 11.5 Å². The molecule has 2 rings (SSSR count). The molecule has 25 heavy (non-hydrogen) atoms. The predicted molar refractivity (Wildman–Crippen MR) is 104 cm³/mol. The van der Waals surface area contributed by atoms with Crippen LogP contribution in [0.3, 0.4) is 0 Å². The van der Waals surface area contributed by atoms with E-state index in [9.17, 15) is 0 Å². The van der Waals surface area contributed by atoms with Gasteiger partial charge in [0.25, 0.3) is 0 Å². The number of rotatable bonds is 6. The number of hydrogen-bond donors (Lipinski definition) is 1. The average molecular weight is 360 g/mol. The molecule has 0 aliphatic heterocycles. The SMILES string of the molecule is CCc1cc2nccc(O/C(C)=N/C=C(\C=C\Cl)NC)c2cc1OC. The zero-order valence-corrected chi connectivity index (χ0v) is 15.6. The highest BCUT2D eigenvalue weighted by atomic mass is 35.5. The highest BCUT2D eigenvalue weighted by Gasteiger charge is 2.10. The molecule has 1 N–H and O–H groups in total. The van der Waals surface area contributed by atoms with Crippen LogP contribution in [0.4, 0.5) is 0 Å². The predicted octanol–water partition coefficient (Wildman–Crippen LogP) is 4.42. The van der Waals surface area contributed by atoms with E-state index in [0.717, 1.165) is 34.3 Å². The van der Waals surface area contributed by atoms with E-state index in [2.05, 4.69) is 22.2 Å². The molecule has 0 bridgehead atoms. The van der Waals surface area contributed by atoms with Gasteiger partial charge in [-0.1, -0.05) is 18.5 Å². The maximum absolute atomic E-state index is 5.90. The van der Waals surface area contributed by atoms with Crippen LogP contribution in [-0.2, 0) is 6.42 Å². The number of aliphatic imine (C=N–C) groups is 1. The van der Waals surface area contributed by atoms with E-state index in [1.807, 2.05) is 18.2 Å².